The van der Waals surface area contributed by atoms with Crippen LogP contribution in [0.2, 0.25) is 0 Å². The molecule has 0 aliphatic heterocycles. The summed E-state index contributed by atoms with van der Waals surface area (Å²) in [5, 5.41) is 0. The van der Waals surface area contributed by atoms with E-state index in [1.807, 2.05) is 12.3 Å². The topological polar surface area (TPSA) is 12.4 Å². The first-order valence-electron chi connectivity index (χ1n) is 1.93. The Balaban J connectivity index is 2.85. The van der Waals surface area contributed by atoms with Crippen LogP contribution in [-0.4, -0.2) is 13.3 Å². The van der Waals surface area contributed by atoms with Gasteiger partial charge in [-0.25, -0.2) is 0 Å². The van der Waals surface area contributed by atoms with Crippen molar-refractivity contribution in [3.05, 3.63) is 12.7 Å². The van der Waals surface area contributed by atoms with E-state index in [1.54, 1.807) is 7.05 Å². The lowest BCUT2D eigenvalue weighted by Gasteiger charge is -1.69. The van der Waals surface area contributed by atoms with E-state index >= 15 is 0 Å². The Morgan fingerprint density at radius 2 is 2.50 bits per heavy atom. The average Bonchev–Trinajstić information content (AvgIpc) is 1.61. The SMILES string of the molecule is C=CC/C=N/C. The summed E-state index contributed by atoms with van der Waals surface area (Å²) >= 11 is 0. The lowest BCUT2D eigenvalue weighted by atomic mass is 10.5. The van der Waals surface area contributed by atoms with Gasteiger partial charge < -0.3 is 4.99 Å². The van der Waals surface area contributed by atoms with Gasteiger partial charge in [-0.1, -0.05) is 6.08 Å². The zero-order valence-electron chi connectivity index (χ0n) is 4.02. The molecule has 0 saturated carbocycles. The minimum Gasteiger partial charge on any atom is -0.301 e. The summed E-state index contributed by atoms with van der Waals surface area (Å²) in [4.78, 5) is 3.73. The smallest absolute Gasteiger partial charge is 0.0273 e. The largest absolute Gasteiger partial charge is 0.301 e. The fraction of sp³-hybridized carbons (Fsp3) is 0.400. The molecule has 6 heavy (non-hydrogen) atoms. The van der Waals surface area contributed by atoms with Crippen LogP contribution >= 0.6 is 0 Å². The van der Waals surface area contributed by atoms with Gasteiger partial charge in [0.05, 0.1) is 0 Å². The number of allylic oxidation sites excluding steroid dienone is 1. The fourth-order valence-electron chi connectivity index (χ4n) is 0.180. The van der Waals surface area contributed by atoms with Crippen molar-refractivity contribution in [3.63, 3.8) is 0 Å². The summed E-state index contributed by atoms with van der Waals surface area (Å²) < 4.78 is 0. The highest BCUT2D eigenvalue weighted by Gasteiger charge is 1.58. The zero-order chi connectivity index (χ0) is 4.83. The summed E-state index contributed by atoms with van der Waals surface area (Å²) in [5.41, 5.74) is 0. The van der Waals surface area contributed by atoms with E-state index in [4.69, 9.17) is 0 Å². The van der Waals surface area contributed by atoms with E-state index in [0.717, 1.165) is 6.42 Å². The van der Waals surface area contributed by atoms with Crippen molar-refractivity contribution in [1.29, 1.82) is 0 Å². The van der Waals surface area contributed by atoms with Gasteiger partial charge >= 0.3 is 0 Å². The van der Waals surface area contributed by atoms with Crippen LogP contribution in [0.25, 0.3) is 0 Å². The normalized spacial score (nSPS) is 9.50. The predicted molar refractivity (Wildman–Crippen MR) is 29.2 cm³/mol. The summed E-state index contributed by atoms with van der Waals surface area (Å²) in [6.45, 7) is 3.51. The highest BCUT2D eigenvalue weighted by atomic mass is 14.6. The molecule has 0 heterocycles. The molecule has 0 spiro atoms. The van der Waals surface area contributed by atoms with Crippen LogP contribution < -0.4 is 0 Å². The number of nitrogens with zero attached hydrogens (tertiary/aromatic N) is 1. The van der Waals surface area contributed by atoms with Crippen LogP contribution in [0.5, 0.6) is 0 Å². The molecule has 0 rings (SSSR count). The average molecular weight is 83.1 g/mol. The molecule has 34 valence electrons. The van der Waals surface area contributed by atoms with Gasteiger partial charge in [0.15, 0.2) is 0 Å². The Bertz CT molecular complexity index is 55.0. The number of rotatable bonds is 2. The van der Waals surface area contributed by atoms with Crippen molar-refractivity contribution in [3.8, 4) is 0 Å². The number of aliphatic imine (C=N–C) groups is 1. The Labute approximate surface area is 38.4 Å². The molecule has 0 bridgehead atoms. The molecule has 1 heteroatoms. The second kappa shape index (κ2) is 4.41. The molecule has 0 aromatic rings. The molecular formula is C5H9N. The monoisotopic (exact) mass is 83.1 g/mol. The van der Waals surface area contributed by atoms with Crippen LogP contribution in [0.4, 0.5) is 0 Å². The third-order valence-electron chi connectivity index (χ3n) is 0.455. The first kappa shape index (κ1) is 5.41. The van der Waals surface area contributed by atoms with E-state index in [-0.39, 0.29) is 0 Å². The maximum atomic E-state index is 3.73. The molecule has 0 radical (unpaired) electrons. The molecule has 0 aromatic heterocycles. The maximum absolute atomic E-state index is 3.73. The maximum Gasteiger partial charge on any atom is 0.0273 e. The molecule has 0 aromatic carbocycles. The van der Waals surface area contributed by atoms with Crippen molar-refractivity contribution in [2.75, 3.05) is 7.05 Å². The van der Waals surface area contributed by atoms with Crippen LogP contribution in [0, 0.1) is 0 Å². The van der Waals surface area contributed by atoms with Crippen LogP contribution in [0.1, 0.15) is 6.42 Å². The Morgan fingerprint density at radius 3 is 2.67 bits per heavy atom. The summed E-state index contributed by atoms with van der Waals surface area (Å²) in [7, 11) is 1.75. The second-order valence-electron chi connectivity index (χ2n) is 0.965. The lowest BCUT2D eigenvalue weighted by molar-refractivity contribution is 1.41. The quantitative estimate of drug-likeness (QED) is 0.352. The van der Waals surface area contributed by atoms with Gasteiger partial charge in [-0.05, 0) is 6.42 Å². The molecule has 0 saturated heterocycles. The summed E-state index contributed by atoms with van der Waals surface area (Å²) in [6, 6.07) is 0. The molecule has 0 aliphatic rings. The highest BCUT2D eigenvalue weighted by Crippen LogP contribution is 1.68. The summed E-state index contributed by atoms with van der Waals surface area (Å²) in [5.74, 6) is 0. The van der Waals surface area contributed by atoms with Crippen molar-refractivity contribution < 1.29 is 0 Å². The lowest BCUT2D eigenvalue weighted by Crippen LogP contribution is -1.63. The van der Waals surface area contributed by atoms with Gasteiger partial charge in [0.2, 0.25) is 0 Å². The van der Waals surface area contributed by atoms with Crippen LogP contribution in [-0.2, 0) is 0 Å². The summed E-state index contributed by atoms with van der Waals surface area (Å²) in [6.07, 6.45) is 4.51. The molecule has 0 unspecified atom stereocenters. The van der Waals surface area contributed by atoms with E-state index in [9.17, 15) is 0 Å². The molecule has 0 N–H and O–H groups in total. The van der Waals surface area contributed by atoms with E-state index in [2.05, 4.69) is 11.6 Å². The first-order chi connectivity index (χ1) is 2.91. The minimum absolute atomic E-state index is 0.885. The van der Waals surface area contributed by atoms with Gasteiger partial charge in [-0.15, -0.1) is 6.58 Å². The van der Waals surface area contributed by atoms with Crippen LogP contribution in [0.3, 0.4) is 0 Å². The Hall–Kier alpha value is -0.590. The van der Waals surface area contributed by atoms with Gasteiger partial charge in [-0.3, -0.25) is 0 Å². The second-order valence-corrected chi connectivity index (χ2v) is 0.965. The molecule has 0 aliphatic carbocycles. The van der Waals surface area contributed by atoms with Gasteiger partial charge in [-0.2, -0.15) is 0 Å². The van der Waals surface area contributed by atoms with Gasteiger partial charge in [0.25, 0.3) is 0 Å². The van der Waals surface area contributed by atoms with Crippen molar-refractivity contribution in [2.24, 2.45) is 4.99 Å². The third-order valence-corrected chi connectivity index (χ3v) is 0.455. The minimum atomic E-state index is 0.885. The van der Waals surface area contributed by atoms with Crippen molar-refractivity contribution in [2.45, 2.75) is 6.42 Å². The van der Waals surface area contributed by atoms with Crippen molar-refractivity contribution >= 4 is 6.21 Å². The Kier molecular flexibility index (Phi) is 3.98. The predicted octanol–water partition coefficient (Wildman–Crippen LogP) is 1.26. The molecular weight excluding hydrogens is 74.1 g/mol. The molecule has 0 fully saturated rings. The van der Waals surface area contributed by atoms with E-state index < -0.39 is 0 Å². The van der Waals surface area contributed by atoms with E-state index in [1.165, 1.54) is 0 Å². The molecule has 0 atom stereocenters. The third kappa shape index (κ3) is 3.41. The van der Waals surface area contributed by atoms with E-state index in [0.29, 0.717) is 0 Å². The van der Waals surface area contributed by atoms with Crippen LogP contribution in [0.15, 0.2) is 17.6 Å². The van der Waals surface area contributed by atoms with Crippen molar-refractivity contribution in [1.82, 2.24) is 0 Å². The standard InChI is InChI=1S/C5H9N/c1-3-4-5-6-2/h3,5H,1,4H2,2H3/b6-5+. The fourth-order valence-corrected chi connectivity index (χ4v) is 0.180. The zero-order valence-corrected chi connectivity index (χ0v) is 4.02. The molecule has 1 nitrogen and oxygen atoms in total. The molecule has 0 amide bonds. The van der Waals surface area contributed by atoms with Gasteiger partial charge in [0, 0.05) is 13.3 Å². The number of hydrogen-bond donors (Lipinski definition) is 0. The number of hydrogen-bond acceptors (Lipinski definition) is 1. The van der Waals surface area contributed by atoms with Gasteiger partial charge in [0.1, 0.15) is 0 Å². The Morgan fingerprint density at radius 1 is 1.83 bits per heavy atom. The highest BCUT2D eigenvalue weighted by molar-refractivity contribution is 5.58. The first-order valence-corrected chi connectivity index (χ1v) is 1.93.